The summed E-state index contributed by atoms with van der Waals surface area (Å²) >= 11 is 0. The highest BCUT2D eigenvalue weighted by Crippen LogP contribution is 2.19. The van der Waals surface area contributed by atoms with Gasteiger partial charge < -0.3 is 25.0 Å². The fourth-order valence-corrected chi connectivity index (χ4v) is 1.26. The first-order valence-electron chi connectivity index (χ1n) is 4.92. The molecular weight excluding hydrogens is 226 g/mol. The van der Waals surface area contributed by atoms with Gasteiger partial charge >= 0.3 is 0 Å². The van der Waals surface area contributed by atoms with Gasteiger partial charge in [-0.05, 0) is 0 Å². The average Bonchev–Trinajstić information content (AvgIpc) is 2.76. The minimum absolute atomic E-state index is 0.0503. The lowest BCUT2D eigenvalue weighted by atomic mass is 10.5. The number of nitrogens with zero attached hydrogens (tertiary/aromatic N) is 3. The third kappa shape index (κ3) is 2.67. The van der Waals surface area contributed by atoms with E-state index < -0.39 is 0 Å². The zero-order valence-corrected chi connectivity index (χ0v) is 8.92. The number of aldehydes is 1. The highest BCUT2D eigenvalue weighted by atomic mass is 16.5. The van der Waals surface area contributed by atoms with E-state index in [1.54, 1.807) is 0 Å². The van der Waals surface area contributed by atoms with Gasteiger partial charge in [-0.3, -0.25) is 0 Å². The summed E-state index contributed by atoms with van der Waals surface area (Å²) in [6.45, 7) is 0.603. The van der Waals surface area contributed by atoms with Crippen LogP contribution in [0.15, 0.2) is 6.33 Å². The Kier molecular flexibility index (Phi) is 3.46. The van der Waals surface area contributed by atoms with Crippen molar-refractivity contribution in [1.29, 1.82) is 0 Å². The number of carbonyl (C=O) groups excluding carboxylic acids is 1. The SMILES string of the molecule is Nc1nc(OCCOCC=O)c2[nH]cnc2n1. The molecule has 3 N–H and O–H groups in total. The van der Waals surface area contributed by atoms with E-state index in [1.165, 1.54) is 6.33 Å². The van der Waals surface area contributed by atoms with E-state index in [0.29, 0.717) is 23.3 Å². The number of nitrogen functional groups attached to an aromatic ring is 1. The quantitative estimate of drug-likeness (QED) is 0.515. The van der Waals surface area contributed by atoms with Crippen LogP contribution in [0.1, 0.15) is 0 Å². The molecule has 0 atom stereocenters. The van der Waals surface area contributed by atoms with Crippen LogP contribution >= 0.6 is 0 Å². The molecule has 0 fully saturated rings. The van der Waals surface area contributed by atoms with Gasteiger partial charge in [0.2, 0.25) is 11.8 Å². The summed E-state index contributed by atoms with van der Waals surface area (Å²) in [5.41, 5.74) is 6.53. The molecule has 2 rings (SSSR count). The standard InChI is InChI=1S/C9H11N5O3/c10-9-13-7-6(11-5-12-7)8(14-9)17-4-3-16-2-1-15/h1,5H,2-4H2,(H3,10,11,12,13,14). The number of H-pyrrole nitrogens is 1. The van der Waals surface area contributed by atoms with Crippen LogP contribution in [-0.4, -0.2) is 46.0 Å². The van der Waals surface area contributed by atoms with Crippen molar-refractivity contribution in [3.8, 4) is 5.88 Å². The number of fused-ring (bicyclic) bond motifs is 1. The van der Waals surface area contributed by atoms with E-state index in [2.05, 4.69) is 19.9 Å². The lowest BCUT2D eigenvalue weighted by Crippen LogP contribution is -2.10. The number of ether oxygens (including phenoxy) is 2. The lowest BCUT2D eigenvalue weighted by Gasteiger charge is -2.05. The molecular formula is C9H11N5O3. The van der Waals surface area contributed by atoms with Crippen molar-refractivity contribution in [3.63, 3.8) is 0 Å². The van der Waals surface area contributed by atoms with Crippen molar-refractivity contribution >= 4 is 23.4 Å². The maximum Gasteiger partial charge on any atom is 0.245 e. The summed E-state index contributed by atoms with van der Waals surface area (Å²) < 4.78 is 10.3. The van der Waals surface area contributed by atoms with Crippen molar-refractivity contribution in [2.24, 2.45) is 0 Å². The van der Waals surface area contributed by atoms with E-state index in [1.807, 2.05) is 0 Å². The molecule has 8 heteroatoms. The van der Waals surface area contributed by atoms with Crippen LogP contribution in [0, 0.1) is 0 Å². The molecule has 0 saturated heterocycles. The first kappa shape index (κ1) is 11.3. The number of carbonyl (C=O) groups is 1. The van der Waals surface area contributed by atoms with E-state index in [0.717, 1.165) is 0 Å². The van der Waals surface area contributed by atoms with Crippen LogP contribution < -0.4 is 10.5 Å². The maximum absolute atomic E-state index is 10.0. The molecule has 0 amide bonds. The van der Waals surface area contributed by atoms with Crippen LogP contribution in [0.3, 0.4) is 0 Å². The van der Waals surface area contributed by atoms with Crippen LogP contribution in [-0.2, 0) is 9.53 Å². The Hall–Kier alpha value is -2.22. The second kappa shape index (κ2) is 5.21. The molecule has 0 unspecified atom stereocenters. The molecule has 0 radical (unpaired) electrons. The topological polar surface area (TPSA) is 116 Å². The molecule has 2 aromatic rings. The average molecular weight is 237 g/mol. The first-order chi connectivity index (χ1) is 8.31. The number of hydrogen-bond acceptors (Lipinski definition) is 7. The monoisotopic (exact) mass is 237 g/mol. The Balaban J connectivity index is 2.02. The Morgan fingerprint density at radius 1 is 1.41 bits per heavy atom. The molecule has 17 heavy (non-hydrogen) atoms. The molecule has 2 aromatic heterocycles. The summed E-state index contributed by atoms with van der Waals surface area (Å²) in [5.74, 6) is 0.410. The Morgan fingerprint density at radius 2 is 2.29 bits per heavy atom. The largest absolute Gasteiger partial charge is 0.474 e. The number of nitrogens with two attached hydrogens (primary N) is 1. The predicted octanol–water partition coefficient (Wildman–Crippen LogP) is -0.471. The minimum atomic E-state index is 0.0503. The first-order valence-corrected chi connectivity index (χ1v) is 4.92. The fraction of sp³-hybridized carbons (Fsp3) is 0.333. The molecule has 2 heterocycles. The lowest BCUT2D eigenvalue weighted by molar-refractivity contribution is -0.112. The number of aromatic amines is 1. The van der Waals surface area contributed by atoms with Gasteiger partial charge in [-0.25, -0.2) is 4.98 Å². The summed E-state index contributed by atoms with van der Waals surface area (Å²) in [5, 5.41) is 0. The van der Waals surface area contributed by atoms with Crippen molar-refractivity contribution < 1.29 is 14.3 Å². The minimum Gasteiger partial charge on any atom is -0.474 e. The van der Waals surface area contributed by atoms with Gasteiger partial charge in [0.1, 0.15) is 25.0 Å². The third-order valence-corrected chi connectivity index (χ3v) is 1.92. The van der Waals surface area contributed by atoms with Crippen LogP contribution in [0.4, 0.5) is 5.95 Å². The number of aromatic nitrogens is 4. The molecule has 8 nitrogen and oxygen atoms in total. The van der Waals surface area contributed by atoms with E-state index in [4.69, 9.17) is 15.2 Å². The highest BCUT2D eigenvalue weighted by Gasteiger charge is 2.09. The van der Waals surface area contributed by atoms with E-state index >= 15 is 0 Å². The molecule has 0 aliphatic heterocycles. The maximum atomic E-state index is 10.0. The van der Waals surface area contributed by atoms with Crippen molar-refractivity contribution in [3.05, 3.63) is 6.33 Å². The predicted molar refractivity (Wildman–Crippen MR) is 58.5 cm³/mol. The van der Waals surface area contributed by atoms with Gasteiger partial charge in [0.05, 0.1) is 12.9 Å². The van der Waals surface area contributed by atoms with Gasteiger partial charge in [0.25, 0.3) is 0 Å². The molecule has 0 aromatic carbocycles. The number of hydrogen-bond donors (Lipinski definition) is 2. The molecule has 90 valence electrons. The van der Waals surface area contributed by atoms with Gasteiger partial charge in [0, 0.05) is 0 Å². The number of rotatable bonds is 6. The summed E-state index contributed by atoms with van der Waals surface area (Å²) in [6, 6.07) is 0. The molecule has 0 aliphatic rings. The van der Waals surface area contributed by atoms with Gasteiger partial charge in [-0.15, -0.1) is 0 Å². The van der Waals surface area contributed by atoms with E-state index in [9.17, 15) is 4.79 Å². The zero-order valence-electron chi connectivity index (χ0n) is 8.92. The van der Waals surface area contributed by atoms with Gasteiger partial charge in [0.15, 0.2) is 5.65 Å². The van der Waals surface area contributed by atoms with Crippen LogP contribution in [0.2, 0.25) is 0 Å². The summed E-state index contributed by atoms with van der Waals surface area (Å²) in [7, 11) is 0. The van der Waals surface area contributed by atoms with Crippen molar-refractivity contribution in [2.75, 3.05) is 25.6 Å². The van der Waals surface area contributed by atoms with Gasteiger partial charge in [-0.2, -0.15) is 9.97 Å². The van der Waals surface area contributed by atoms with Gasteiger partial charge in [-0.1, -0.05) is 0 Å². The number of anilines is 1. The summed E-state index contributed by atoms with van der Waals surface area (Å²) in [4.78, 5) is 24.7. The second-order valence-electron chi connectivity index (χ2n) is 3.08. The smallest absolute Gasteiger partial charge is 0.245 e. The Bertz CT molecular complexity index is 512. The van der Waals surface area contributed by atoms with Crippen LogP contribution in [0.25, 0.3) is 11.2 Å². The summed E-state index contributed by atoms with van der Waals surface area (Å²) in [6.07, 6.45) is 2.16. The second-order valence-corrected chi connectivity index (χ2v) is 3.08. The zero-order chi connectivity index (χ0) is 12.1. The van der Waals surface area contributed by atoms with E-state index in [-0.39, 0.29) is 25.8 Å². The normalized spacial score (nSPS) is 10.6. The third-order valence-electron chi connectivity index (χ3n) is 1.92. The Morgan fingerprint density at radius 3 is 3.12 bits per heavy atom. The number of nitrogens with one attached hydrogen (secondary N) is 1. The number of imidazole rings is 1. The highest BCUT2D eigenvalue weighted by molar-refractivity contribution is 5.76. The van der Waals surface area contributed by atoms with Crippen molar-refractivity contribution in [1.82, 2.24) is 19.9 Å². The van der Waals surface area contributed by atoms with Crippen molar-refractivity contribution in [2.45, 2.75) is 0 Å². The molecule has 0 saturated carbocycles. The molecule has 0 bridgehead atoms. The van der Waals surface area contributed by atoms with Crippen LogP contribution in [0.5, 0.6) is 5.88 Å². The molecule has 0 aliphatic carbocycles. The molecule has 0 spiro atoms. The Labute approximate surface area is 96.2 Å². The fourth-order valence-electron chi connectivity index (χ4n) is 1.26.